The second kappa shape index (κ2) is 8.50. The van der Waals surface area contributed by atoms with Crippen molar-refractivity contribution in [1.82, 2.24) is 19.3 Å². The number of carboxylic acids is 1. The standard InChI is InChI=1S/C21H20F2N4O5/c1-11-5-17-25-19(18-14(22)6-12(20(28)29)7-15(18)23)16(27(17)10-24-11)8-13-9-26(3-4-32-13)21(30)31-2/h5-7,10,13H,3-4,8-9H2,1-2H3,(H,28,29)/t13-/m0/s1. The fourth-order valence-corrected chi connectivity index (χ4v) is 3.76. The summed E-state index contributed by atoms with van der Waals surface area (Å²) >= 11 is 0. The van der Waals surface area contributed by atoms with Crippen LogP contribution in [0.5, 0.6) is 0 Å². The zero-order valence-electron chi connectivity index (χ0n) is 17.3. The minimum Gasteiger partial charge on any atom is -0.478 e. The van der Waals surface area contributed by atoms with E-state index in [9.17, 15) is 18.4 Å². The Bertz CT molecular complexity index is 1190. The van der Waals surface area contributed by atoms with Crippen LogP contribution in [-0.2, 0) is 15.9 Å². The molecule has 9 nitrogen and oxygen atoms in total. The third-order valence-electron chi connectivity index (χ3n) is 5.27. The van der Waals surface area contributed by atoms with Crippen molar-refractivity contribution in [3.05, 3.63) is 53.1 Å². The molecule has 1 fully saturated rings. The third kappa shape index (κ3) is 3.98. The number of hydrogen-bond donors (Lipinski definition) is 1. The molecule has 0 bridgehead atoms. The number of carboxylic acid groups (broad SMARTS) is 1. The molecular weight excluding hydrogens is 426 g/mol. The Balaban J connectivity index is 1.80. The molecule has 1 saturated heterocycles. The second-order valence-electron chi connectivity index (χ2n) is 7.40. The summed E-state index contributed by atoms with van der Waals surface area (Å²) in [6, 6.07) is 3.18. The molecule has 1 N–H and O–H groups in total. The number of imidazole rings is 1. The van der Waals surface area contributed by atoms with Gasteiger partial charge in [-0.25, -0.2) is 28.3 Å². The van der Waals surface area contributed by atoms with Crippen LogP contribution in [0.25, 0.3) is 16.9 Å². The van der Waals surface area contributed by atoms with Gasteiger partial charge in [-0.1, -0.05) is 0 Å². The molecule has 1 atom stereocenters. The van der Waals surface area contributed by atoms with E-state index in [2.05, 4.69) is 9.97 Å². The first-order chi connectivity index (χ1) is 15.3. The first-order valence-electron chi connectivity index (χ1n) is 9.79. The highest BCUT2D eigenvalue weighted by Gasteiger charge is 2.29. The van der Waals surface area contributed by atoms with E-state index in [1.54, 1.807) is 17.4 Å². The number of methoxy groups -OCH3 is 1. The van der Waals surface area contributed by atoms with Crippen LogP contribution in [-0.4, -0.2) is 69.3 Å². The summed E-state index contributed by atoms with van der Waals surface area (Å²) < 4.78 is 41.9. The lowest BCUT2D eigenvalue weighted by molar-refractivity contribution is -0.0241. The predicted molar refractivity (Wildman–Crippen MR) is 107 cm³/mol. The van der Waals surface area contributed by atoms with Gasteiger partial charge >= 0.3 is 12.1 Å². The van der Waals surface area contributed by atoms with Crippen molar-refractivity contribution in [1.29, 1.82) is 0 Å². The van der Waals surface area contributed by atoms with Crippen molar-refractivity contribution >= 4 is 17.7 Å². The van der Waals surface area contributed by atoms with Crippen LogP contribution in [0, 0.1) is 18.6 Å². The lowest BCUT2D eigenvalue weighted by Crippen LogP contribution is -2.46. The number of nitrogens with zero attached hydrogens (tertiary/aromatic N) is 4. The van der Waals surface area contributed by atoms with Gasteiger partial charge in [0.05, 0.1) is 48.9 Å². The number of hydrogen-bond acceptors (Lipinski definition) is 6. The summed E-state index contributed by atoms with van der Waals surface area (Å²) in [4.78, 5) is 33.2. The Morgan fingerprint density at radius 3 is 2.66 bits per heavy atom. The maximum atomic E-state index is 14.9. The summed E-state index contributed by atoms with van der Waals surface area (Å²) in [6.45, 7) is 2.62. The largest absolute Gasteiger partial charge is 0.478 e. The summed E-state index contributed by atoms with van der Waals surface area (Å²) in [6.07, 6.45) is 0.704. The Kier molecular flexibility index (Phi) is 5.74. The van der Waals surface area contributed by atoms with Gasteiger partial charge in [0.15, 0.2) is 0 Å². The first kappa shape index (κ1) is 21.6. The summed E-state index contributed by atoms with van der Waals surface area (Å²) in [5.41, 5.74) is 0.578. The minimum atomic E-state index is -1.44. The highest BCUT2D eigenvalue weighted by molar-refractivity contribution is 5.88. The van der Waals surface area contributed by atoms with Crippen LogP contribution in [0.2, 0.25) is 0 Å². The molecule has 0 saturated carbocycles. The number of carbonyl (C=O) groups is 2. The summed E-state index contributed by atoms with van der Waals surface area (Å²) in [7, 11) is 1.29. The highest BCUT2D eigenvalue weighted by atomic mass is 19.1. The van der Waals surface area contributed by atoms with Gasteiger partial charge in [-0.2, -0.15) is 0 Å². The van der Waals surface area contributed by atoms with E-state index in [-0.39, 0.29) is 25.3 Å². The fraction of sp³-hybridized carbons (Fsp3) is 0.333. The van der Waals surface area contributed by atoms with Crippen molar-refractivity contribution in [2.75, 3.05) is 26.8 Å². The Morgan fingerprint density at radius 1 is 1.28 bits per heavy atom. The molecule has 168 valence electrons. The molecular formula is C21H20F2N4O5. The van der Waals surface area contributed by atoms with E-state index in [0.717, 1.165) is 12.1 Å². The van der Waals surface area contributed by atoms with E-state index in [4.69, 9.17) is 14.6 Å². The van der Waals surface area contributed by atoms with E-state index in [1.165, 1.54) is 18.3 Å². The molecule has 2 aromatic heterocycles. The molecule has 1 aliphatic rings. The molecule has 3 heterocycles. The van der Waals surface area contributed by atoms with Crippen molar-refractivity contribution in [2.24, 2.45) is 0 Å². The van der Waals surface area contributed by atoms with Crippen LogP contribution < -0.4 is 0 Å². The number of fused-ring (bicyclic) bond motifs is 1. The average Bonchev–Trinajstić information content (AvgIpc) is 3.09. The van der Waals surface area contributed by atoms with Gasteiger partial charge in [-0.3, -0.25) is 4.40 Å². The van der Waals surface area contributed by atoms with Crippen molar-refractivity contribution in [3.63, 3.8) is 0 Å². The number of morpholine rings is 1. The van der Waals surface area contributed by atoms with Crippen LogP contribution in [0.3, 0.4) is 0 Å². The maximum Gasteiger partial charge on any atom is 0.409 e. The highest BCUT2D eigenvalue weighted by Crippen LogP contribution is 2.32. The van der Waals surface area contributed by atoms with Gasteiger partial charge in [-0.05, 0) is 19.1 Å². The maximum absolute atomic E-state index is 14.9. The average molecular weight is 446 g/mol. The molecule has 1 aromatic carbocycles. The van der Waals surface area contributed by atoms with E-state index in [1.807, 2.05) is 0 Å². The Labute approximate surface area is 181 Å². The zero-order valence-corrected chi connectivity index (χ0v) is 17.3. The molecule has 0 spiro atoms. The number of halogens is 2. The molecule has 1 aliphatic heterocycles. The number of benzene rings is 1. The molecule has 32 heavy (non-hydrogen) atoms. The number of ether oxygens (including phenoxy) is 2. The quantitative estimate of drug-likeness (QED) is 0.657. The van der Waals surface area contributed by atoms with Gasteiger partial charge in [-0.15, -0.1) is 0 Å². The van der Waals surface area contributed by atoms with E-state index < -0.39 is 40.9 Å². The monoisotopic (exact) mass is 446 g/mol. The minimum absolute atomic E-state index is 0.0168. The van der Waals surface area contributed by atoms with Gasteiger partial charge < -0.3 is 19.5 Å². The van der Waals surface area contributed by atoms with Gasteiger partial charge in [0.1, 0.15) is 23.6 Å². The number of carbonyl (C=O) groups excluding carboxylic acids is 1. The second-order valence-corrected chi connectivity index (χ2v) is 7.40. The van der Waals surface area contributed by atoms with Gasteiger partial charge in [0.2, 0.25) is 0 Å². The summed E-state index contributed by atoms with van der Waals surface area (Å²) in [5, 5.41) is 9.08. The molecule has 0 unspecified atom stereocenters. The number of aryl methyl sites for hydroxylation is 1. The Morgan fingerprint density at radius 2 is 2.00 bits per heavy atom. The van der Waals surface area contributed by atoms with Crippen molar-refractivity contribution in [2.45, 2.75) is 19.4 Å². The number of aromatic carboxylic acids is 1. The Hall–Kier alpha value is -3.60. The molecule has 1 amide bonds. The van der Waals surface area contributed by atoms with Crippen molar-refractivity contribution in [3.8, 4) is 11.3 Å². The van der Waals surface area contributed by atoms with Crippen LogP contribution in [0.15, 0.2) is 24.5 Å². The molecule has 11 heteroatoms. The number of aromatic nitrogens is 3. The molecule has 0 aliphatic carbocycles. The van der Waals surface area contributed by atoms with Crippen LogP contribution >= 0.6 is 0 Å². The van der Waals surface area contributed by atoms with E-state index in [0.29, 0.717) is 23.6 Å². The molecule has 4 rings (SSSR count). The van der Waals surface area contributed by atoms with Crippen molar-refractivity contribution < 1.29 is 33.0 Å². The number of rotatable bonds is 4. The lowest BCUT2D eigenvalue weighted by Gasteiger charge is -2.32. The topological polar surface area (TPSA) is 106 Å². The summed E-state index contributed by atoms with van der Waals surface area (Å²) in [5.74, 6) is -3.53. The normalized spacial score (nSPS) is 16.4. The smallest absolute Gasteiger partial charge is 0.409 e. The zero-order chi connectivity index (χ0) is 23.0. The predicted octanol–water partition coefficient (Wildman–Crippen LogP) is 2.69. The van der Waals surface area contributed by atoms with Crippen LogP contribution in [0.1, 0.15) is 21.7 Å². The fourth-order valence-electron chi connectivity index (χ4n) is 3.76. The molecule has 3 aromatic rings. The van der Waals surface area contributed by atoms with Gasteiger partial charge in [0, 0.05) is 24.7 Å². The molecule has 0 radical (unpaired) electrons. The van der Waals surface area contributed by atoms with Crippen LogP contribution in [0.4, 0.5) is 13.6 Å². The third-order valence-corrected chi connectivity index (χ3v) is 5.27. The van der Waals surface area contributed by atoms with Gasteiger partial charge in [0.25, 0.3) is 0 Å². The SMILES string of the molecule is COC(=O)N1CCO[C@@H](Cc2c(-c3c(F)cc(C(=O)O)cc3F)nc3cc(C)ncn23)C1. The van der Waals surface area contributed by atoms with E-state index >= 15 is 0 Å². The number of amides is 1. The lowest BCUT2D eigenvalue weighted by atomic mass is 10.0. The first-order valence-corrected chi connectivity index (χ1v) is 9.79.